The van der Waals surface area contributed by atoms with Gasteiger partial charge >= 0.3 is 0 Å². The van der Waals surface area contributed by atoms with Crippen molar-refractivity contribution in [2.75, 3.05) is 25.1 Å². The maximum atomic E-state index is 12.4. The van der Waals surface area contributed by atoms with Gasteiger partial charge in [-0.1, -0.05) is 11.6 Å². The van der Waals surface area contributed by atoms with Crippen molar-refractivity contribution in [3.05, 3.63) is 28.8 Å². The van der Waals surface area contributed by atoms with Crippen LogP contribution in [0.25, 0.3) is 0 Å². The van der Waals surface area contributed by atoms with Gasteiger partial charge in [-0.15, -0.1) is 0 Å². The molecule has 0 aliphatic carbocycles. The molecule has 19 heavy (non-hydrogen) atoms. The van der Waals surface area contributed by atoms with Crippen molar-refractivity contribution < 1.29 is 9.90 Å². The summed E-state index contributed by atoms with van der Waals surface area (Å²) in [6.07, 6.45) is 1.67. The van der Waals surface area contributed by atoms with Crippen molar-refractivity contribution in [1.82, 2.24) is 4.90 Å². The van der Waals surface area contributed by atoms with E-state index in [0.29, 0.717) is 35.3 Å². The molecule has 104 valence electrons. The zero-order valence-electron chi connectivity index (χ0n) is 10.6. The molecule has 5 nitrogen and oxygen atoms in total. The van der Waals surface area contributed by atoms with Crippen LogP contribution in [-0.2, 0) is 0 Å². The number of aliphatic hydroxyl groups is 1. The first-order chi connectivity index (χ1) is 9.15. The highest BCUT2D eigenvalue weighted by molar-refractivity contribution is 6.31. The summed E-state index contributed by atoms with van der Waals surface area (Å²) in [4.78, 5) is 14.2. The number of halogens is 1. The van der Waals surface area contributed by atoms with Gasteiger partial charge in [0.05, 0.1) is 11.3 Å². The SMILES string of the molecule is NNc1ccc(Cl)cc1C(=O)N1CCC(CCO)C1. The lowest BCUT2D eigenvalue weighted by Crippen LogP contribution is -2.30. The number of hydrogen-bond donors (Lipinski definition) is 3. The maximum Gasteiger partial charge on any atom is 0.256 e. The summed E-state index contributed by atoms with van der Waals surface area (Å²) in [6, 6.07) is 5.00. The van der Waals surface area contributed by atoms with Crippen LogP contribution in [0.5, 0.6) is 0 Å². The molecule has 6 heteroatoms. The lowest BCUT2D eigenvalue weighted by atomic mass is 10.1. The Hall–Kier alpha value is -1.30. The van der Waals surface area contributed by atoms with E-state index in [1.54, 1.807) is 23.1 Å². The van der Waals surface area contributed by atoms with Crippen LogP contribution < -0.4 is 11.3 Å². The van der Waals surface area contributed by atoms with Crippen molar-refractivity contribution in [3.8, 4) is 0 Å². The normalized spacial score (nSPS) is 18.7. The Morgan fingerprint density at radius 3 is 3.05 bits per heavy atom. The number of carbonyl (C=O) groups is 1. The second-order valence-electron chi connectivity index (χ2n) is 4.75. The summed E-state index contributed by atoms with van der Waals surface area (Å²) < 4.78 is 0. The predicted octanol–water partition coefficient (Wildman–Crippen LogP) is 1.47. The Balaban J connectivity index is 2.14. The van der Waals surface area contributed by atoms with Gasteiger partial charge in [-0.3, -0.25) is 10.6 Å². The summed E-state index contributed by atoms with van der Waals surface area (Å²) in [5, 5.41) is 9.45. The zero-order chi connectivity index (χ0) is 13.8. The molecule has 0 aromatic heterocycles. The molecule has 1 atom stereocenters. The summed E-state index contributed by atoms with van der Waals surface area (Å²) in [7, 11) is 0. The molecule has 0 saturated carbocycles. The zero-order valence-corrected chi connectivity index (χ0v) is 11.4. The fourth-order valence-electron chi connectivity index (χ4n) is 2.42. The van der Waals surface area contributed by atoms with E-state index < -0.39 is 0 Å². The van der Waals surface area contributed by atoms with E-state index in [-0.39, 0.29) is 12.5 Å². The molecule has 1 aromatic rings. The average Bonchev–Trinajstić information content (AvgIpc) is 2.87. The number of hydrazine groups is 1. The fourth-order valence-corrected chi connectivity index (χ4v) is 2.60. The quantitative estimate of drug-likeness (QED) is 0.578. The number of rotatable bonds is 4. The molecule has 1 aromatic carbocycles. The molecular weight excluding hydrogens is 266 g/mol. The van der Waals surface area contributed by atoms with Crippen LogP contribution in [0.2, 0.25) is 5.02 Å². The Morgan fingerprint density at radius 1 is 1.58 bits per heavy atom. The van der Waals surface area contributed by atoms with Crippen molar-refractivity contribution in [3.63, 3.8) is 0 Å². The smallest absolute Gasteiger partial charge is 0.256 e. The Morgan fingerprint density at radius 2 is 2.37 bits per heavy atom. The molecular formula is C13H18ClN3O2. The third-order valence-electron chi connectivity index (χ3n) is 3.48. The largest absolute Gasteiger partial charge is 0.396 e. The first-order valence-corrected chi connectivity index (χ1v) is 6.69. The first-order valence-electron chi connectivity index (χ1n) is 6.32. The monoisotopic (exact) mass is 283 g/mol. The second kappa shape index (κ2) is 6.23. The van der Waals surface area contributed by atoms with Crippen LogP contribution in [0.15, 0.2) is 18.2 Å². The van der Waals surface area contributed by atoms with Gasteiger partial charge in [0.1, 0.15) is 0 Å². The highest BCUT2D eigenvalue weighted by atomic mass is 35.5. The number of nitrogens with one attached hydrogen (secondary N) is 1. The summed E-state index contributed by atoms with van der Waals surface area (Å²) in [5.41, 5.74) is 3.57. The van der Waals surface area contributed by atoms with Crippen LogP contribution in [0, 0.1) is 5.92 Å². The number of nitrogens with two attached hydrogens (primary N) is 1. The van der Waals surface area contributed by atoms with Gasteiger partial charge in [-0.25, -0.2) is 0 Å². The summed E-state index contributed by atoms with van der Waals surface area (Å²) in [5.74, 6) is 5.72. The van der Waals surface area contributed by atoms with E-state index in [1.165, 1.54) is 0 Å². The standard InChI is InChI=1S/C13H18ClN3O2/c14-10-1-2-12(16-15)11(7-10)13(19)17-5-3-9(8-17)4-6-18/h1-2,7,9,16,18H,3-6,8,15H2. The summed E-state index contributed by atoms with van der Waals surface area (Å²) in [6.45, 7) is 1.55. The Kier molecular flexibility index (Phi) is 4.63. The number of likely N-dealkylation sites (tertiary alicyclic amines) is 1. The second-order valence-corrected chi connectivity index (χ2v) is 5.19. The summed E-state index contributed by atoms with van der Waals surface area (Å²) >= 11 is 5.93. The van der Waals surface area contributed by atoms with Crippen LogP contribution >= 0.6 is 11.6 Å². The number of nitrogen functional groups attached to an aromatic ring is 1. The van der Waals surface area contributed by atoms with Gasteiger partial charge in [0.25, 0.3) is 5.91 Å². The lowest BCUT2D eigenvalue weighted by molar-refractivity contribution is 0.0785. The number of anilines is 1. The average molecular weight is 284 g/mol. The van der Waals surface area contributed by atoms with E-state index in [9.17, 15) is 4.79 Å². The third-order valence-corrected chi connectivity index (χ3v) is 3.71. The molecule has 1 saturated heterocycles. The lowest BCUT2D eigenvalue weighted by Gasteiger charge is -2.18. The fraction of sp³-hybridized carbons (Fsp3) is 0.462. The Labute approximate surface area is 117 Å². The first kappa shape index (κ1) is 14.1. The number of nitrogens with zero attached hydrogens (tertiary/aromatic N) is 1. The molecule has 1 heterocycles. The molecule has 0 spiro atoms. The highest BCUT2D eigenvalue weighted by Gasteiger charge is 2.27. The minimum atomic E-state index is -0.0733. The molecule has 0 radical (unpaired) electrons. The number of amides is 1. The van der Waals surface area contributed by atoms with E-state index in [1.807, 2.05) is 0 Å². The van der Waals surface area contributed by atoms with Crippen LogP contribution in [0.1, 0.15) is 23.2 Å². The number of aliphatic hydroxyl groups excluding tert-OH is 1. The van der Waals surface area contributed by atoms with Crippen molar-refractivity contribution in [2.24, 2.45) is 11.8 Å². The van der Waals surface area contributed by atoms with Crippen molar-refractivity contribution in [1.29, 1.82) is 0 Å². The number of benzene rings is 1. The molecule has 1 amide bonds. The highest BCUT2D eigenvalue weighted by Crippen LogP contribution is 2.25. The topological polar surface area (TPSA) is 78.6 Å². The van der Waals surface area contributed by atoms with Gasteiger partial charge in [-0.2, -0.15) is 0 Å². The molecule has 1 unspecified atom stereocenters. The maximum absolute atomic E-state index is 12.4. The van der Waals surface area contributed by atoms with Gasteiger partial charge in [0.15, 0.2) is 0 Å². The molecule has 4 N–H and O–H groups in total. The minimum absolute atomic E-state index is 0.0733. The van der Waals surface area contributed by atoms with Crippen molar-refractivity contribution >= 4 is 23.2 Å². The van der Waals surface area contributed by atoms with Crippen LogP contribution in [-0.4, -0.2) is 35.6 Å². The van der Waals surface area contributed by atoms with E-state index in [0.717, 1.165) is 12.8 Å². The van der Waals surface area contributed by atoms with Crippen molar-refractivity contribution in [2.45, 2.75) is 12.8 Å². The van der Waals surface area contributed by atoms with Crippen LogP contribution in [0.4, 0.5) is 5.69 Å². The molecule has 1 fully saturated rings. The molecule has 2 rings (SSSR count). The predicted molar refractivity (Wildman–Crippen MR) is 75.0 cm³/mol. The minimum Gasteiger partial charge on any atom is -0.396 e. The Bertz CT molecular complexity index is 467. The van der Waals surface area contributed by atoms with Gasteiger partial charge < -0.3 is 15.4 Å². The van der Waals surface area contributed by atoms with E-state index >= 15 is 0 Å². The molecule has 1 aliphatic rings. The molecule has 1 aliphatic heterocycles. The van der Waals surface area contributed by atoms with Gasteiger partial charge in [0.2, 0.25) is 0 Å². The van der Waals surface area contributed by atoms with Crippen LogP contribution in [0.3, 0.4) is 0 Å². The molecule has 0 bridgehead atoms. The van der Waals surface area contributed by atoms with E-state index in [4.69, 9.17) is 22.6 Å². The van der Waals surface area contributed by atoms with E-state index in [2.05, 4.69) is 5.43 Å². The third kappa shape index (κ3) is 3.18. The number of hydrogen-bond acceptors (Lipinski definition) is 4. The van der Waals surface area contributed by atoms with Gasteiger partial charge in [-0.05, 0) is 37.0 Å². The number of carbonyl (C=O) groups excluding carboxylic acids is 1. The van der Waals surface area contributed by atoms with Gasteiger partial charge in [0, 0.05) is 24.7 Å².